The third-order valence-corrected chi connectivity index (χ3v) is 3.20. The molecule has 0 aliphatic carbocycles. The molecule has 0 aliphatic heterocycles. The van der Waals surface area contributed by atoms with Crippen molar-refractivity contribution in [3.8, 4) is 11.3 Å². The van der Waals surface area contributed by atoms with E-state index in [-0.39, 0.29) is 0 Å². The van der Waals surface area contributed by atoms with Crippen LogP contribution in [0.2, 0.25) is 0 Å². The highest BCUT2D eigenvalue weighted by Crippen LogP contribution is 2.25. The van der Waals surface area contributed by atoms with Crippen molar-refractivity contribution in [2.24, 2.45) is 0 Å². The van der Waals surface area contributed by atoms with E-state index < -0.39 is 0 Å². The number of aromatic nitrogens is 6. The lowest BCUT2D eigenvalue weighted by molar-refractivity contribution is 0.603. The molecule has 0 atom stereocenters. The lowest BCUT2D eigenvalue weighted by Crippen LogP contribution is -2.05. The molecule has 0 aliphatic rings. The predicted molar refractivity (Wildman–Crippen MR) is 82.0 cm³/mol. The Kier molecular flexibility index (Phi) is 3.81. The molecular formula is C14H19N7. The van der Waals surface area contributed by atoms with Gasteiger partial charge in [-0.3, -0.25) is 9.78 Å². The van der Waals surface area contributed by atoms with Gasteiger partial charge in [0, 0.05) is 24.8 Å². The Hall–Kier alpha value is -2.44. The highest BCUT2D eigenvalue weighted by Gasteiger charge is 2.12. The van der Waals surface area contributed by atoms with Crippen LogP contribution in [0, 0.1) is 0 Å². The van der Waals surface area contributed by atoms with Gasteiger partial charge in [0.05, 0.1) is 23.5 Å². The van der Waals surface area contributed by atoms with E-state index in [1.807, 2.05) is 17.1 Å². The van der Waals surface area contributed by atoms with Crippen LogP contribution in [-0.2, 0) is 6.54 Å². The van der Waals surface area contributed by atoms with Crippen LogP contribution in [0.4, 0.5) is 5.95 Å². The van der Waals surface area contributed by atoms with Crippen molar-refractivity contribution >= 4 is 17.0 Å². The lowest BCUT2D eigenvalue weighted by Gasteiger charge is -2.05. The normalized spacial score (nSPS) is 11.1. The summed E-state index contributed by atoms with van der Waals surface area (Å²) in [6, 6.07) is 0. The molecule has 0 fully saturated rings. The number of H-pyrrole nitrogens is 1. The van der Waals surface area contributed by atoms with Crippen LogP contribution < -0.4 is 5.32 Å². The second-order valence-electron chi connectivity index (χ2n) is 4.95. The molecule has 3 aromatic heterocycles. The quantitative estimate of drug-likeness (QED) is 0.726. The molecule has 21 heavy (non-hydrogen) atoms. The molecule has 0 saturated carbocycles. The number of aromatic amines is 1. The number of fused-ring (bicyclic) bond motifs is 1. The van der Waals surface area contributed by atoms with E-state index in [2.05, 4.69) is 44.4 Å². The van der Waals surface area contributed by atoms with Crippen molar-refractivity contribution in [3.05, 3.63) is 18.6 Å². The fourth-order valence-electron chi connectivity index (χ4n) is 2.21. The van der Waals surface area contributed by atoms with Gasteiger partial charge in [0.2, 0.25) is 5.95 Å². The number of nitrogens with one attached hydrogen (secondary N) is 2. The molecule has 110 valence electrons. The summed E-state index contributed by atoms with van der Waals surface area (Å²) in [4.78, 5) is 9.05. The third-order valence-electron chi connectivity index (χ3n) is 3.20. The van der Waals surface area contributed by atoms with Crippen molar-refractivity contribution in [2.75, 3.05) is 11.9 Å². The second kappa shape index (κ2) is 5.90. The van der Waals surface area contributed by atoms with Crippen LogP contribution in [0.15, 0.2) is 18.6 Å². The fraction of sp³-hybridized carbons (Fsp3) is 0.429. The van der Waals surface area contributed by atoms with Gasteiger partial charge in [-0.2, -0.15) is 15.2 Å². The van der Waals surface area contributed by atoms with Crippen molar-refractivity contribution < 1.29 is 0 Å². The molecule has 7 heteroatoms. The van der Waals surface area contributed by atoms with E-state index in [1.54, 1.807) is 6.20 Å². The van der Waals surface area contributed by atoms with Gasteiger partial charge in [-0.05, 0) is 12.8 Å². The Balaban J connectivity index is 2.03. The van der Waals surface area contributed by atoms with E-state index in [0.29, 0.717) is 5.95 Å². The highest BCUT2D eigenvalue weighted by atomic mass is 15.3. The Bertz CT molecular complexity index is 728. The number of anilines is 1. The number of hydrogen-bond donors (Lipinski definition) is 2. The van der Waals surface area contributed by atoms with Gasteiger partial charge >= 0.3 is 0 Å². The molecule has 0 unspecified atom stereocenters. The van der Waals surface area contributed by atoms with E-state index in [4.69, 9.17) is 0 Å². The standard InChI is InChI=1S/C14H19N7/c1-3-5-15-14-18-12(11-8-16-20-13(11)19-14)10-7-17-21(9-10)6-4-2/h7-9H,3-6H2,1-2H3,(H2,15,16,18,19,20). The summed E-state index contributed by atoms with van der Waals surface area (Å²) in [6.07, 6.45) is 7.69. The van der Waals surface area contributed by atoms with Crippen LogP contribution >= 0.6 is 0 Å². The SMILES string of the molecule is CCCNc1nc(-c2cnn(CCC)c2)c2cn[nH]c2n1. The molecule has 0 spiro atoms. The van der Waals surface area contributed by atoms with E-state index >= 15 is 0 Å². The van der Waals surface area contributed by atoms with Crippen LogP contribution in [-0.4, -0.2) is 36.5 Å². The molecule has 7 nitrogen and oxygen atoms in total. The Morgan fingerprint density at radius 3 is 2.90 bits per heavy atom. The van der Waals surface area contributed by atoms with Crippen molar-refractivity contribution in [3.63, 3.8) is 0 Å². The van der Waals surface area contributed by atoms with E-state index in [9.17, 15) is 0 Å². The summed E-state index contributed by atoms with van der Waals surface area (Å²) in [5, 5.41) is 15.5. The molecule has 0 saturated heterocycles. The van der Waals surface area contributed by atoms with Gasteiger partial charge in [-0.1, -0.05) is 13.8 Å². The smallest absolute Gasteiger partial charge is 0.225 e. The van der Waals surface area contributed by atoms with Gasteiger partial charge in [-0.25, -0.2) is 4.98 Å². The Labute approximate surface area is 122 Å². The number of hydrogen-bond acceptors (Lipinski definition) is 5. The van der Waals surface area contributed by atoms with Crippen molar-refractivity contribution in [1.29, 1.82) is 0 Å². The predicted octanol–water partition coefficient (Wildman–Crippen LogP) is 2.45. The van der Waals surface area contributed by atoms with Gasteiger partial charge in [0.25, 0.3) is 0 Å². The van der Waals surface area contributed by atoms with Gasteiger partial charge in [0.15, 0.2) is 5.65 Å². The largest absolute Gasteiger partial charge is 0.354 e. The summed E-state index contributed by atoms with van der Waals surface area (Å²) in [6.45, 7) is 5.99. The summed E-state index contributed by atoms with van der Waals surface area (Å²) >= 11 is 0. The third kappa shape index (κ3) is 2.72. The fourth-order valence-corrected chi connectivity index (χ4v) is 2.21. The molecule has 3 heterocycles. The monoisotopic (exact) mass is 285 g/mol. The first-order valence-electron chi connectivity index (χ1n) is 7.29. The summed E-state index contributed by atoms with van der Waals surface area (Å²) in [5.41, 5.74) is 2.58. The average molecular weight is 285 g/mol. The van der Waals surface area contributed by atoms with Crippen LogP contribution in [0.1, 0.15) is 26.7 Å². The summed E-state index contributed by atoms with van der Waals surface area (Å²) < 4.78 is 1.93. The maximum atomic E-state index is 4.62. The first-order chi connectivity index (χ1) is 10.3. The van der Waals surface area contributed by atoms with Crippen LogP contribution in [0.25, 0.3) is 22.3 Å². The average Bonchev–Trinajstić information content (AvgIpc) is 3.13. The minimum Gasteiger partial charge on any atom is -0.354 e. The zero-order valence-electron chi connectivity index (χ0n) is 12.3. The van der Waals surface area contributed by atoms with Gasteiger partial charge in [0.1, 0.15) is 0 Å². The topological polar surface area (TPSA) is 84.3 Å². The van der Waals surface area contributed by atoms with Crippen LogP contribution in [0.3, 0.4) is 0 Å². The molecule has 2 N–H and O–H groups in total. The molecule has 3 rings (SSSR count). The maximum absolute atomic E-state index is 4.62. The first kappa shape index (κ1) is 13.5. The molecule has 0 bridgehead atoms. The number of rotatable bonds is 6. The van der Waals surface area contributed by atoms with E-state index in [0.717, 1.165) is 48.2 Å². The van der Waals surface area contributed by atoms with Crippen molar-refractivity contribution in [1.82, 2.24) is 29.9 Å². The second-order valence-corrected chi connectivity index (χ2v) is 4.95. The van der Waals surface area contributed by atoms with E-state index in [1.165, 1.54) is 0 Å². The number of nitrogens with zero attached hydrogens (tertiary/aromatic N) is 5. The van der Waals surface area contributed by atoms with Crippen LogP contribution in [0.5, 0.6) is 0 Å². The summed E-state index contributed by atoms with van der Waals surface area (Å²) in [7, 11) is 0. The van der Waals surface area contributed by atoms with Gasteiger partial charge in [-0.15, -0.1) is 0 Å². The molecule has 0 amide bonds. The van der Waals surface area contributed by atoms with Gasteiger partial charge < -0.3 is 5.32 Å². The number of aryl methyl sites for hydroxylation is 1. The molecular weight excluding hydrogens is 266 g/mol. The Morgan fingerprint density at radius 1 is 1.19 bits per heavy atom. The lowest BCUT2D eigenvalue weighted by atomic mass is 10.2. The molecule has 0 aromatic carbocycles. The maximum Gasteiger partial charge on any atom is 0.225 e. The minimum atomic E-state index is 0.617. The molecule has 0 radical (unpaired) electrons. The zero-order chi connectivity index (χ0) is 14.7. The zero-order valence-corrected chi connectivity index (χ0v) is 12.3. The molecule has 3 aromatic rings. The highest BCUT2D eigenvalue weighted by molar-refractivity contribution is 5.90. The minimum absolute atomic E-state index is 0.617. The van der Waals surface area contributed by atoms with Crippen molar-refractivity contribution in [2.45, 2.75) is 33.2 Å². The summed E-state index contributed by atoms with van der Waals surface area (Å²) in [5.74, 6) is 0.617. The Morgan fingerprint density at radius 2 is 2.10 bits per heavy atom. The first-order valence-corrected chi connectivity index (χ1v) is 7.29.